The lowest BCUT2D eigenvalue weighted by Gasteiger charge is -2.16. The fraction of sp³-hybridized carbons (Fsp3) is 0.0968. The third-order valence-electron chi connectivity index (χ3n) is 6.20. The summed E-state index contributed by atoms with van der Waals surface area (Å²) in [4.78, 5) is 48.8. The molecule has 4 rings (SSSR count). The monoisotopic (exact) mass is 599 g/mol. The summed E-state index contributed by atoms with van der Waals surface area (Å²) in [6, 6.07) is 21.8. The number of benzene rings is 4. The fourth-order valence-electron chi connectivity index (χ4n) is 3.90. The lowest BCUT2D eigenvalue weighted by molar-refractivity contribution is 0.100. The Morgan fingerprint density at radius 1 is 0.535 bits per heavy atom. The van der Waals surface area contributed by atoms with Crippen molar-refractivity contribution < 1.29 is 27.6 Å². The molecule has 4 amide bonds. The number of ketones is 2. The van der Waals surface area contributed by atoms with Gasteiger partial charge in [-0.15, -0.1) is 0 Å². The summed E-state index contributed by atoms with van der Waals surface area (Å²) in [5, 5.41) is 10.5. The van der Waals surface area contributed by atoms with E-state index in [4.69, 9.17) is 0 Å². The first-order valence-electron chi connectivity index (χ1n) is 13.0. The molecule has 0 bridgehead atoms. The van der Waals surface area contributed by atoms with Gasteiger partial charge in [0, 0.05) is 22.5 Å². The number of nitrogens with one attached hydrogen (secondary N) is 5. The number of Topliss-reactive ketones (excluding diaryl/α,β-unsaturated/α-hetero) is 2. The number of hydrogen-bond acceptors (Lipinski definition) is 6. The highest BCUT2D eigenvalue weighted by molar-refractivity contribution is 7.92. The predicted octanol–water partition coefficient (Wildman–Crippen LogP) is 6.49. The molecule has 4 aromatic carbocycles. The van der Waals surface area contributed by atoms with Gasteiger partial charge in [0.1, 0.15) is 0 Å². The Morgan fingerprint density at radius 3 is 1.44 bits per heavy atom. The summed E-state index contributed by atoms with van der Waals surface area (Å²) in [6.45, 7) is 4.71. The van der Waals surface area contributed by atoms with Gasteiger partial charge >= 0.3 is 12.1 Å². The van der Waals surface area contributed by atoms with Gasteiger partial charge in [-0.3, -0.25) is 14.3 Å². The van der Waals surface area contributed by atoms with Crippen LogP contribution in [0.15, 0.2) is 95.9 Å². The molecule has 0 aromatic heterocycles. The van der Waals surface area contributed by atoms with Gasteiger partial charge in [-0.25, -0.2) is 18.0 Å². The van der Waals surface area contributed by atoms with Crippen LogP contribution in [0.5, 0.6) is 0 Å². The molecule has 0 spiro atoms. The summed E-state index contributed by atoms with van der Waals surface area (Å²) in [7, 11) is -3.95. The van der Waals surface area contributed by atoms with Crippen molar-refractivity contribution in [3.05, 3.63) is 108 Å². The number of carbonyl (C=O) groups excluding carboxylic acids is 4. The van der Waals surface area contributed by atoms with Gasteiger partial charge in [-0.1, -0.05) is 17.7 Å². The Labute approximate surface area is 248 Å². The molecule has 0 aliphatic carbocycles. The molecule has 0 saturated carbocycles. The van der Waals surface area contributed by atoms with E-state index in [0.717, 1.165) is 5.56 Å². The maximum Gasteiger partial charge on any atom is 0.323 e. The molecular weight excluding hydrogens is 570 g/mol. The van der Waals surface area contributed by atoms with Crippen LogP contribution in [0.2, 0.25) is 0 Å². The van der Waals surface area contributed by atoms with Crippen LogP contribution in [0.4, 0.5) is 38.0 Å². The van der Waals surface area contributed by atoms with E-state index in [1.807, 2.05) is 6.92 Å². The Kier molecular flexibility index (Phi) is 9.21. The number of sulfonamides is 1. The number of carbonyl (C=O) groups is 4. The van der Waals surface area contributed by atoms with Crippen LogP contribution >= 0.6 is 0 Å². The minimum absolute atomic E-state index is 0.0525. The number of hydrogen-bond donors (Lipinski definition) is 5. The lowest BCUT2D eigenvalue weighted by atomic mass is 10.1. The molecule has 4 aromatic rings. The molecule has 220 valence electrons. The van der Waals surface area contributed by atoms with Crippen molar-refractivity contribution in [1.82, 2.24) is 0 Å². The van der Waals surface area contributed by atoms with E-state index < -0.39 is 22.1 Å². The molecule has 0 aliphatic heterocycles. The van der Waals surface area contributed by atoms with Crippen LogP contribution in [-0.2, 0) is 10.0 Å². The van der Waals surface area contributed by atoms with Crippen molar-refractivity contribution >= 4 is 62.1 Å². The summed E-state index contributed by atoms with van der Waals surface area (Å²) in [5.41, 5.74) is 3.08. The maximum absolute atomic E-state index is 13.0. The van der Waals surface area contributed by atoms with Crippen LogP contribution in [0.3, 0.4) is 0 Å². The van der Waals surface area contributed by atoms with E-state index in [1.54, 1.807) is 60.7 Å². The van der Waals surface area contributed by atoms with Crippen LogP contribution < -0.4 is 26.0 Å². The van der Waals surface area contributed by atoms with Gasteiger partial charge in [0.15, 0.2) is 11.6 Å². The van der Waals surface area contributed by atoms with Crippen molar-refractivity contribution in [1.29, 1.82) is 0 Å². The third-order valence-corrected chi connectivity index (χ3v) is 7.60. The molecule has 5 N–H and O–H groups in total. The molecule has 0 saturated heterocycles. The topological polar surface area (TPSA) is 163 Å². The van der Waals surface area contributed by atoms with E-state index in [0.29, 0.717) is 22.5 Å². The molecular formula is C31H29N5O6S. The van der Waals surface area contributed by atoms with Crippen molar-refractivity contribution in [2.24, 2.45) is 0 Å². The zero-order valence-electron chi connectivity index (χ0n) is 23.5. The Balaban J connectivity index is 1.56. The first kappa shape index (κ1) is 30.5. The zero-order chi connectivity index (χ0) is 31.1. The van der Waals surface area contributed by atoms with Gasteiger partial charge in [0.05, 0.1) is 22.0 Å². The van der Waals surface area contributed by atoms with Crippen molar-refractivity contribution in [2.75, 3.05) is 26.0 Å². The van der Waals surface area contributed by atoms with Crippen molar-refractivity contribution in [2.45, 2.75) is 25.7 Å². The first-order chi connectivity index (χ1) is 20.4. The van der Waals surface area contributed by atoms with Crippen LogP contribution in [-0.4, -0.2) is 32.0 Å². The number of anilines is 5. The SMILES string of the molecule is CC(=O)c1ccc(NC(=O)Nc2ccc(NS(=O)(=O)c3ccc(C)cc3)cc2NC(=O)Nc2ccc(C(C)=O)cc2)cc1. The van der Waals surface area contributed by atoms with E-state index >= 15 is 0 Å². The lowest BCUT2D eigenvalue weighted by Crippen LogP contribution is -2.23. The average molecular weight is 600 g/mol. The third kappa shape index (κ3) is 8.27. The smallest absolute Gasteiger partial charge is 0.308 e. The van der Waals surface area contributed by atoms with E-state index in [9.17, 15) is 27.6 Å². The molecule has 0 radical (unpaired) electrons. The Morgan fingerprint density at radius 2 is 0.977 bits per heavy atom. The number of amides is 4. The molecule has 11 nitrogen and oxygen atoms in total. The minimum atomic E-state index is -3.95. The summed E-state index contributed by atoms with van der Waals surface area (Å²) < 4.78 is 28.4. The second-order valence-corrected chi connectivity index (χ2v) is 11.3. The van der Waals surface area contributed by atoms with Gasteiger partial charge in [-0.2, -0.15) is 0 Å². The Hall–Kier alpha value is -5.49. The van der Waals surface area contributed by atoms with Crippen LogP contribution in [0, 0.1) is 6.92 Å². The normalized spacial score (nSPS) is 10.8. The second-order valence-electron chi connectivity index (χ2n) is 9.60. The fourth-order valence-corrected chi connectivity index (χ4v) is 4.95. The Bertz CT molecular complexity index is 1790. The van der Waals surface area contributed by atoms with Gasteiger partial charge in [0.25, 0.3) is 10.0 Å². The van der Waals surface area contributed by atoms with Crippen LogP contribution in [0.25, 0.3) is 0 Å². The molecule has 0 fully saturated rings. The van der Waals surface area contributed by atoms with Crippen molar-refractivity contribution in [3.63, 3.8) is 0 Å². The molecule has 43 heavy (non-hydrogen) atoms. The second kappa shape index (κ2) is 13.0. The molecule has 0 atom stereocenters. The number of urea groups is 2. The summed E-state index contributed by atoms with van der Waals surface area (Å²) in [6.07, 6.45) is 0. The largest absolute Gasteiger partial charge is 0.323 e. The minimum Gasteiger partial charge on any atom is -0.308 e. The first-order valence-corrected chi connectivity index (χ1v) is 14.5. The zero-order valence-corrected chi connectivity index (χ0v) is 24.3. The highest BCUT2D eigenvalue weighted by Gasteiger charge is 2.17. The maximum atomic E-state index is 13.0. The van der Waals surface area contributed by atoms with Gasteiger partial charge in [-0.05, 0) is 99.6 Å². The molecule has 12 heteroatoms. The molecule has 0 aliphatic rings. The summed E-state index contributed by atoms with van der Waals surface area (Å²) >= 11 is 0. The average Bonchev–Trinajstić information content (AvgIpc) is 2.95. The van der Waals surface area contributed by atoms with E-state index in [2.05, 4.69) is 26.0 Å². The summed E-state index contributed by atoms with van der Waals surface area (Å²) in [5.74, 6) is -0.234. The highest BCUT2D eigenvalue weighted by Crippen LogP contribution is 2.28. The number of rotatable bonds is 9. The molecule has 0 unspecified atom stereocenters. The van der Waals surface area contributed by atoms with Crippen molar-refractivity contribution in [3.8, 4) is 0 Å². The predicted molar refractivity (Wildman–Crippen MR) is 167 cm³/mol. The van der Waals surface area contributed by atoms with Gasteiger partial charge < -0.3 is 21.3 Å². The van der Waals surface area contributed by atoms with Gasteiger partial charge in [0.2, 0.25) is 0 Å². The van der Waals surface area contributed by atoms with E-state index in [-0.39, 0.29) is 33.5 Å². The van der Waals surface area contributed by atoms with Crippen LogP contribution in [0.1, 0.15) is 40.1 Å². The standard InChI is InChI=1S/C31H29N5O6S/c1-19-4-15-27(16-5-19)43(41,42)36-26-14-17-28(34-30(39)32-24-10-6-22(7-11-24)20(2)37)29(18-26)35-31(40)33-25-12-8-23(9-13-25)21(3)38/h4-18,36H,1-3H3,(H2,32,34,39)(H2,33,35,40). The molecule has 0 heterocycles. The number of aryl methyl sites for hydroxylation is 1. The highest BCUT2D eigenvalue weighted by atomic mass is 32.2. The van der Waals surface area contributed by atoms with E-state index in [1.165, 1.54) is 44.2 Å². The quantitative estimate of drug-likeness (QED) is 0.138.